The monoisotopic (exact) mass is 399 g/mol. The molecule has 9 heteroatoms. The first-order valence-electron chi connectivity index (χ1n) is 9.88. The average molecular weight is 400 g/mol. The van der Waals surface area contributed by atoms with Crippen LogP contribution in [-0.2, 0) is 4.74 Å². The minimum absolute atomic E-state index is 0.282. The van der Waals surface area contributed by atoms with Crippen molar-refractivity contribution in [2.24, 2.45) is 21.5 Å². The highest BCUT2D eigenvalue weighted by atomic mass is 32.1. The van der Waals surface area contributed by atoms with E-state index in [0.29, 0.717) is 5.96 Å². The highest BCUT2D eigenvalue weighted by Crippen LogP contribution is 2.41. The van der Waals surface area contributed by atoms with E-state index in [1.165, 1.54) is 6.42 Å². The van der Waals surface area contributed by atoms with Gasteiger partial charge in [0.2, 0.25) is 11.9 Å². The molecule has 5 rings (SSSR count). The molecule has 0 atom stereocenters. The zero-order chi connectivity index (χ0) is 19.1. The maximum Gasteiger partial charge on any atom is 0.220 e. The molecule has 1 aliphatic carbocycles. The normalized spacial score (nSPS) is 22.4. The fraction of sp³-hybridized carbons (Fsp3) is 0.526. The largest absolute Gasteiger partial charge is 0.378 e. The Morgan fingerprint density at radius 3 is 2.64 bits per heavy atom. The first-order valence-corrected chi connectivity index (χ1v) is 10.7. The summed E-state index contributed by atoms with van der Waals surface area (Å²) >= 11 is 1.71. The molecule has 1 saturated heterocycles. The van der Waals surface area contributed by atoms with E-state index in [1.807, 2.05) is 0 Å². The van der Waals surface area contributed by atoms with Gasteiger partial charge in [-0.15, -0.1) is 0 Å². The highest BCUT2D eigenvalue weighted by molar-refractivity contribution is 7.22. The van der Waals surface area contributed by atoms with Gasteiger partial charge in [0.15, 0.2) is 5.13 Å². The number of aliphatic imine (C=N–C) groups is 2. The summed E-state index contributed by atoms with van der Waals surface area (Å²) in [7, 11) is 0. The minimum Gasteiger partial charge on any atom is -0.378 e. The molecule has 1 saturated carbocycles. The van der Waals surface area contributed by atoms with E-state index in [4.69, 9.17) is 26.2 Å². The lowest BCUT2D eigenvalue weighted by atomic mass is 9.87. The number of benzene rings is 1. The summed E-state index contributed by atoms with van der Waals surface area (Å²) in [6.45, 7) is 3.28. The molecule has 0 unspecified atom stereocenters. The van der Waals surface area contributed by atoms with Gasteiger partial charge in [-0.2, -0.15) is 4.99 Å². The van der Waals surface area contributed by atoms with Crippen LogP contribution in [0.25, 0.3) is 10.2 Å². The summed E-state index contributed by atoms with van der Waals surface area (Å²) < 4.78 is 6.60. The van der Waals surface area contributed by atoms with Crippen LogP contribution in [0.2, 0.25) is 0 Å². The molecule has 28 heavy (non-hydrogen) atoms. The van der Waals surface area contributed by atoms with Crippen molar-refractivity contribution >= 4 is 44.3 Å². The number of fused-ring (bicyclic) bond motifs is 1. The molecule has 1 aromatic heterocycles. The van der Waals surface area contributed by atoms with Crippen LogP contribution in [0.3, 0.4) is 0 Å². The van der Waals surface area contributed by atoms with Crippen molar-refractivity contribution in [3.05, 3.63) is 18.2 Å². The van der Waals surface area contributed by atoms with Crippen molar-refractivity contribution in [1.29, 1.82) is 0 Å². The Kier molecular flexibility index (Phi) is 4.36. The van der Waals surface area contributed by atoms with Crippen LogP contribution in [0.15, 0.2) is 28.2 Å². The standard InChI is InChI=1S/C19H25N7OS/c20-16-23-17(21)26(19(24-16)6-2-1-3-7-19)13-4-5-14-15(12-13)28-18(22-14)25-8-10-27-11-9-25/h4-5,12H,1-3,6-11H2,(H4,20,21,23,24). The number of aromatic nitrogens is 1. The van der Waals surface area contributed by atoms with Crippen LogP contribution in [0.4, 0.5) is 10.8 Å². The molecule has 2 aliphatic heterocycles. The summed E-state index contributed by atoms with van der Waals surface area (Å²) in [6.07, 6.45) is 5.32. The summed E-state index contributed by atoms with van der Waals surface area (Å²) in [6, 6.07) is 6.30. The maximum atomic E-state index is 6.35. The first kappa shape index (κ1) is 17.7. The minimum atomic E-state index is -0.417. The third kappa shape index (κ3) is 2.98. The topological polar surface area (TPSA) is 105 Å². The Hall–Kier alpha value is -2.39. The number of nitrogens with two attached hydrogens (primary N) is 2. The highest BCUT2D eigenvalue weighted by Gasteiger charge is 2.42. The lowest BCUT2D eigenvalue weighted by molar-refractivity contribution is 0.122. The fourth-order valence-corrected chi connectivity index (χ4v) is 5.48. The lowest BCUT2D eigenvalue weighted by Gasteiger charge is -2.45. The molecular formula is C19H25N7OS. The number of guanidine groups is 2. The molecule has 8 nitrogen and oxygen atoms in total. The predicted molar refractivity (Wildman–Crippen MR) is 114 cm³/mol. The van der Waals surface area contributed by atoms with Gasteiger partial charge in [0.05, 0.1) is 23.4 Å². The Morgan fingerprint density at radius 1 is 1.07 bits per heavy atom. The van der Waals surface area contributed by atoms with Crippen LogP contribution in [0.5, 0.6) is 0 Å². The van der Waals surface area contributed by atoms with Gasteiger partial charge in [0.1, 0.15) is 5.66 Å². The Bertz CT molecular complexity index is 941. The fourth-order valence-electron chi connectivity index (χ4n) is 4.42. The second-order valence-corrected chi connectivity index (χ2v) is 8.58. The number of anilines is 2. The third-order valence-corrected chi connectivity index (χ3v) is 6.83. The average Bonchev–Trinajstić information content (AvgIpc) is 3.12. The second-order valence-electron chi connectivity index (χ2n) is 7.57. The number of hydrogen-bond acceptors (Lipinski definition) is 9. The predicted octanol–water partition coefficient (Wildman–Crippen LogP) is 2.24. The van der Waals surface area contributed by atoms with Crippen molar-refractivity contribution in [2.45, 2.75) is 37.8 Å². The van der Waals surface area contributed by atoms with E-state index in [1.54, 1.807) is 11.3 Å². The number of rotatable bonds is 2. The number of nitrogens with zero attached hydrogens (tertiary/aromatic N) is 5. The van der Waals surface area contributed by atoms with E-state index in [9.17, 15) is 0 Å². The smallest absolute Gasteiger partial charge is 0.220 e. The molecule has 0 bridgehead atoms. The zero-order valence-corrected chi connectivity index (χ0v) is 16.6. The van der Waals surface area contributed by atoms with Gasteiger partial charge in [-0.05, 0) is 43.9 Å². The quantitative estimate of drug-likeness (QED) is 0.802. The van der Waals surface area contributed by atoms with Crippen LogP contribution >= 0.6 is 11.3 Å². The van der Waals surface area contributed by atoms with Gasteiger partial charge < -0.3 is 21.1 Å². The number of morpholine rings is 1. The first-order chi connectivity index (χ1) is 13.6. The van der Waals surface area contributed by atoms with E-state index in [0.717, 1.165) is 73.0 Å². The molecule has 4 N–H and O–H groups in total. The van der Waals surface area contributed by atoms with Crippen LogP contribution in [0.1, 0.15) is 32.1 Å². The molecule has 1 aromatic carbocycles. The van der Waals surface area contributed by atoms with Gasteiger partial charge in [-0.3, -0.25) is 4.90 Å². The molecule has 3 heterocycles. The summed E-state index contributed by atoms with van der Waals surface area (Å²) in [5.41, 5.74) is 13.9. The third-order valence-electron chi connectivity index (χ3n) is 5.75. The molecule has 0 amide bonds. The van der Waals surface area contributed by atoms with Crippen molar-refractivity contribution in [3.8, 4) is 0 Å². The zero-order valence-electron chi connectivity index (χ0n) is 15.8. The van der Waals surface area contributed by atoms with E-state index < -0.39 is 5.66 Å². The van der Waals surface area contributed by atoms with Crippen molar-refractivity contribution in [2.75, 3.05) is 36.1 Å². The Labute approximate surface area is 167 Å². The summed E-state index contributed by atoms with van der Waals surface area (Å²) in [5.74, 6) is 0.704. The van der Waals surface area contributed by atoms with Crippen molar-refractivity contribution in [1.82, 2.24) is 4.98 Å². The number of ether oxygens (including phenoxy) is 1. The molecule has 2 aromatic rings. The molecule has 1 spiro atoms. The Morgan fingerprint density at radius 2 is 1.86 bits per heavy atom. The van der Waals surface area contributed by atoms with Crippen LogP contribution in [0, 0.1) is 0 Å². The van der Waals surface area contributed by atoms with Crippen LogP contribution < -0.4 is 21.3 Å². The molecular weight excluding hydrogens is 374 g/mol. The molecule has 2 fully saturated rings. The second kappa shape index (κ2) is 6.89. The van der Waals surface area contributed by atoms with E-state index in [2.05, 4.69) is 33.0 Å². The number of hydrogen-bond donors (Lipinski definition) is 2. The maximum absolute atomic E-state index is 6.35. The van der Waals surface area contributed by atoms with Gasteiger partial charge in [0.25, 0.3) is 0 Å². The molecule has 3 aliphatic rings. The summed E-state index contributed by atoms with van der Waals surface area (Å²) in [4.78, 5) is 18.2. The van der Waals surface area contributed by atoms with Crippen molar-refractivity contribution in [3.63, 3.8) is 0 Å². The van der Waals surface area contributed by atoms with E-state index >= 15 is 0 Å². The van der Waals surface area contributed by atoms with E-state index in [-0.39, 0.29) is 5.96 Å². The van der Waals surface area contributed by atoms with Crippen molar-refractivity contribution < 1.29 is 4.74 Å². The molecule has 0 radical (unpaired) electrons. The van der Waals surface area contributed by atoms with Gasteiger partial charge in [-0.25, -0.2) is 9.98 Å². The number of thiazole rings is 1. The van der Waals surface area contributed by atoms with Gasteiger partial charge in [0, 0.05) is 18.8 Å². The van der Waals surface area contributed by atoms with Gasteiger partial charge in [-0.1, -0.05) is 17.8 Å². The van der Waals surface area contributed by atoms with Gasteiger partial charge >= 0.3 is 0 Å². The summed E-state index contributed by atoms with van der Waals surface area (Å²) in [5, 5.41) is 1.05. The van der Waals surface area contributed by atoms with Crippen LogP contribution in [-0.4, -0.2) is 48.9 Å². The Balaban J connectivity index is 1.53. The molecule has 148 valence electrons. The SMILES string of the molecule is NC1=NC2(CCCCC2)N(c2ccc3nc(N4CCOCC4)sc3c2)C(N)=N1. The lowest BCUT2D eigenvalue weighted by Crippen LogP contribution is -2.58.